The van der Waals surface area contributed by atoms with Crippen molar-refractivity contribution in [3.05, 3.63) is 12.2 Å². The van der Waals surface area contributed by atoms with E-state index in [-0.39, 0.29) is 19.4 Å². The van der Waals surface area contributed by atoms with E-state index in [9.17, 15) is 23.8 Å². The van der Waals surface area contributed by atoms with Gasteiger partial charge in [-0.3, -0.25) is 23.4 Å². The number of hydrogen-bond acceptors (Lipinski definition) is 9. The van der Waals surface area contributed by atoms with Gasteiger partial charge < -0.3 is 25.2 Å². The smallest absolute Gasteiger partial charge is 0.472 e. The van der Waals surface area contributed by atoms with Crippen LogP contribution in [0.25, 0.3) is 0 Å². The summed E-state index contributed by atoms with van der Waals surface area (Å²) >= 11 is 0. The minimum Gasteiger partial charge on any atom is -0.480 e. The molecular weight excluding hydrogens is 745 g/mol. The van der Waals surface area contributed by atoms with Crippen LogP contribution in [0.5, 0.6) is 0 Å². The molecule has 336 valence electrons. The lowest BCUT2D eigenvalue weighted by Crippen LogP contribution is -2.34. The number of carbonyl (C=O) groups excluding carboxylic acids is 2. The Morgan fingerprint density at radius 3 is 1.32 bits per heavy atom. The van der Waals surface area contributed by atoms with Crippen LogP contribution >= 0.6 is 7.82 Å². The number of carbonyl (C=O) groups is 3. The average molecular weight is 832 g/mol. The first-order valence-corrected chi connectivity index (χ1v) is 24.7. The highest BCUT2D eigenvalue weighted by molar-refractivity contribution is 7.47. The predicted molar refractivity (Wildman–Crippen MR) is 231 cm³/mol. The molecule has 0 saturated carbocycles. The molecule has 57 heavy (non-hydrogen) atoms. The van der Waals surface area contributed by atoms with Crippen LogP contribution in [-0.4, -0.2) is 59.9 Å². The molecule has 3 atom stereocenters. The van der Waals surface area contributed by atoms with Crippen molar-refractivity contribution < 1.29 is 47.5 Å². The predicted octanol–water partition coefficient (Wildman–Crippen LogP) is 12.5. The summed E-state index contributed by atoms with van der Waals surface area (Å²) in [7, 11) is -4.71. The molecule has 0 aromatic carbocycles. The summed E-state index contributed by atoms with van der Waals surface area (Å²) in [6.45, 7) is 2.80. The first kappa shape index (κ1) is 55.2. The number of carboxylic acid groups (broad SMARTS) is 1. The number of esters is 2. The SMILES string of the molecule is CCCCC/C=C/CCCCCCCC(=O)OC[C@@H](COP(=O)(O)OC[C@H](N)C(=O)O)OC(=O)CCCCCCCCCCCCCCCCCCCCCCC. The van der Waals surface area contributed by atoms with Crippen molar-refractivity contribution in [1.82, 2.24) is 0 Å². The van der Waals surface area contributed by atoms with Crippen molar-refractivity contribution >= 4 is 25.7 Å². The Balaban J connectivity index is 4.23. The number of phosphoric acid groups is 1. The van der Waals surface area contributed by atoms with Gasteiger partial charge in [0.05, 0.1) is 13.2 Å². The first-order chi connectivity index (χ1) is 27.6. The number of ether oxygens (including phenoxy) is 2. The zero-order chi connectivity index (χ0) is 42.1. The normalized spacial score (nSPS) is 13.8. The zero-order valence-electron chi connectivity index (χ0n) is 36.5. The largest absolute Gasteiger partial charge is 0.480 e. The molecule has 0 aromatic heterocycles. The van der Waals surface area contributed by atoms with Gasteiger partial charge in [0.15, 0.2) is 6.10 Å². The monoisotopic (exact) mass is 832 g/mol. The van der Waals surface area contributed by atoms with Gasteiger partial charge in [-0.25, -0.2) is 4.57 Å². The molecule has 12 heteroatoms. The topological polar surface area (TPSA) is 172 Å². The molecule has 1 unspecified atom stereocenters. The van der Waals surface area contributed by atoms with E-state index in [1.54, 1.807) is 0 Å². The summed E-state index contributed by atoms with van der Waals surface area (Å²) in [4.78, 5) is 46.0. The standard InChI is InChI=1S/C45H86NO10P/c1-3-5-7-9-11-13-15-17-18-19-20-21-22-23-24-25-27-29-31-33-35-37-44(48)56-41(39-54-57(51,52)55-40-42(46)45(49)50)38-53-43(47)36-34-32-30-28-26-16-14-12-10-8-6-4-2/h12,14,41-42H,3-11,13,15-40,46H2,1-2H3,(H,49,50)(H,51,52)/b14-12+/t41-,42-/m0/s1. The quantitative estimate of drug-likeness (QED) is 0.0231. The van der Waals surface area contributed by atoms with Gasteiger partial charge in [0.2, 0.25) is 0 Å². The third-order valence-electron chi connectivity index (χ3n) is 10.3. The molecule has 0 bridgehead atoms. The molecule has 0 radical (unpaired) electrons. The Labute approximate surface area is 348 Å². The van der Waals surface area contributed by atoms with E-state index >= 15 is 0 Å². The van der Waals surface area contributed by atoms with E-state index < -0.39 is 51.1 Å². The van der Waals surface area contributed by atoms with Crippen LogP contribution in [0.2, 0.25) is 0 Å². The number of aliphatic carboxylic acids is 1. The number of allylic oxidation sites excluding steroid dienone is 2. The number of phosphoric ester groups is 1. The molecule has 11 nitrogen and oxygen atoms in total. The van der Waals surface area contributed by atoms with Crippen LogP contribution in [0, 0.1) is 0 Å². The highest BCUT2D eigenvalue weighted by atomic mass is 31.2. The van der Waals surface area contributed by atoms with Gasteiger partial charge in [0, 0.05) is 12.8 Å². The maximum atomic E-state index is 12.6. The van der Waals surface area contributed by atoms with Gasteiger partial charge >= 0.3 is 25.7 Å². The second-order valence-electron chi connectivity index (χ2n) is 15.9. The summed E-state index contributed by atoms with van der Waals surface area (Å²) in [5, 5.41) is 8.89. The van der Waals surface area contributed by atoms with Crippen LogP contribution in [0.1, 0.15) is 226 Å². The van der Waals surface area contributed by atoms with Crippen LogP contribution in [0.4, 0.5) is 0 Å². The van der Waals surface area contributed by atoms with E-state index in [1.807, 2.05) is 0 Å². The lowest BCUT2D eigenvalue weighted by molar-refractivity contribution is -0.161. The number of rotatable bonds is 44. The Bertz CT molecular complexity index is 1030. The molecule has 0 aliphatic carbocycles. The van der Waals surface area contributed by atoms with Crippen molar-refractivity contribution in [3.63, 3.8) is 0 Å². The summed E-state index contributed by atoms with van der Waals surface area (Å²) < 4.78 is 32.7. The van der Waals surface area contributed by atoms with Crippen LogP contribution < -0.4 is 5.73 Å². The summed E-state index contributed by atoms with van der Waals surface area (Å²) in [6, 6.07) is -1.52. The van der Waals surface area contributed by atoms with Gasteiger partial charge in [-0.15, -0.1) is 0 Å². The van der Waals surface area contributed by atoms with Crippen LogP contribution in [0.3, 0.4) is 0 Å². The minimum absolute atomic E-state index is 0.166. The highest BCUT2D eigenvalue weighted by Gasteiger charge is 2.28. The average Bonchev–Trinajstić information content (AvgIpc) is 3.19. The fourth-order valence-corrected chi connectivity index (χ4v) is 7.37. The fraction of sp³-hybridized carbons (Fsp3) is 0.889. The molecular formula is C45H86NO10P. The second-order valence-corrected chi connectivity index (χ2v) is 17.3. The number of hydrogen-bond donors (Lipinski definition) is 3. The molecule has 4 N–H and O–H groups in total. The van der Waals surface area contributed by atoms with Gasteiger partial charge in [-0.2, -0.15) is 0 Å². The minimum atomic E-state index is -4.71. The molecule has 0 aliphatic rings. The number of unbranched alkanes of at least 4 members (excludes halogenated alkanes) is 28. The molecule has 0 rings (SSSR count). The third-order valence-corrected chi connectivity index (χ3v) is 11.2. The highest BCUT2D eigenvalue weighted by Crippen LogP contribution is 2.43. The van der Waals surface area contributed by atoms with Crippen LogP contribution in [0.15, 0.2) is 12.2 Å². The molecule has 0 heterocycles. The maximum Gasteiger partial charge on any atom is 0.472 e. The maximum absolute atomic E-state index is 12.6. The summed E-state index contributed by atoms with van der Waals surface area (Å²) in [5.41, 5.74) is 5.34. The summed E-state index contributed by atoms with van der Waals surface area (Å²) in [5.74, 6) is -2.37. The Morgan fingerprint density at radius 2 is 0.877 bits per heavy atom. The molecule has 0 fully saturated rings. The molecule has 0 aromatic rings. The Hall–Kier alpha value is -1.78. The van der Waals surface area contributed by atoms with Gasteiger partial charge in [0.25, 0.3) is 0 Å². The van der Waals surface area contributed by atoms with Crippen molar-refractivity contribution in [2.75, 3.05) is 19.8 Å². The zero-order valence-corrected chi connectivity index (χ0v) is 37.3. The van der Waals surface area contributed by atoms with E-state index in [0.717, 1.165) is 57.8 Å². The number of nitrogens with two attached hydrogens (primary N) is 1. The lowest BCUT2D eigenvalue weighted by atomic mass is 10.0. The van der Waals surface area contributed by atoms with E-state index in [2.05, 4.69) is 30.5 Å². The van der Waals surface area contributed by atoms with Crippen LogP contribution in [-0.2, 0) is 37.5 Å². The summed E-state index contributed by atoms with van der Waals surface area (Å²) in [6.07, 6.45) is 41.4. The van der Waals surface area contributed by atoms with Gasteiger partial charge in [0.1, 0.15) is 12.6 Å². The molecule has 0 spiro atoms. The van der Waals surface area contributed by atoms with Gasteiger partial charge in [-0.05, 0) is 38.5 Å². The van der Waals surface area contributed by atoms with Gasteiger partial charge in [-0.1, -0.05) is 187 Å². The van der Waals surface area contributed by atoms with E-state index in [1.165, 1.54) is 128 Å². The molecule has 0 aliphatic heterocycles. The fourth-order valence-electron chi connectivity index (χ4n) is 6.59. The molecule has 0 saturated heterocycles. The second kappa shape index (κ2) is 41.0. The van der Waals surface area contributed by atoms with E-state index in [0.29, 0.717) is 12.8 Å². The number of carboxylic acids is 1. The lowest BCUT2D eigenvalue weighted by Gasteiger charge is -2.20. The van der Waals surface area contributed by atoms with Crippen molar-refractivity contribution in [3.8, 4) is 0 Å². The Morgan fingerprint density at radius 1 is 0.526 bits per heavy atom. The van der Waals surface area contributed by atoms with Crippen molar-refractivity contribution in [2.45, 2.75) is 238 Å². The van der Waals surface area contributed by atoms with Crippen molar-refractivity contribution in [1.29, 1.82) is 0 Å². The van der Waals surface area contributed by atoms with E-state index in [4.69, 9.17) is 24.8 Å². The molecule has 0 amide bonds. The Kier molecular flexibility index (Phi) is 39.7. The van der Waals surface area contributed by atoms with Crippen molar-refractivity contribution in [2.24, 2.45) is 5.73 Å². The first-order valence-electron chi connectivity index (χ1n) is 23.2. The third kappa shape index (κ3) is 40.8.